The van der Waals surface area contributed by atoms with E-state index in [9.17, 15) is 4.79 Å². The van der Waals surface area contributed by atoms with E-state index in [-0.39, 0.29) is 6.03 Å². The SMILES string of the molecule is CONC(=O)N1CCC(N2CCCCC2)CC1. The number of hydrogen-bond acceptors (Lipinski definition) is 3. The molecule has 2 aliphatic rings. The molecule has 5 nitrogen and oxygen atoms in total. The quantitative estimate of drug-likeness (QED) is 0.739. The summed E-state index contributed by atoms with van der Waals surface area (Å²) in [5.74, 6) is 0. The van der Waals surface area contributed by atoms with Crippen molar-refractivity contribution < 1.29 is 9.63 Å². The Bertz CT molecular complexity index is 246. The summed E-state index contributed by atoms with van der Waals surface area (Å²) in [5.41, 5.74) is 2.38. The van der Waals surface area contributed by atoms with E-state index in [1.807, 2.05) is 4.90 Å². The molecule has 0 spiro atoms. The van der Waals surface area contributed by atoms with Crippen LogP contribution >= 0.6 is 0 Å². The van der Waals surface area contributed by atoms with Crippen LogP contribution in [-0.4, -0.2) is 55.2 Å². The third kappa shape index (κ3) is 3.33. The average Bonchev–Trinajstić information content (AvgIpc) is 2.40. The van der Waals surface area contributed by atoms with Gasteiger partial charge in [0.05, 0.1) is 7.11 Å². The maximum absolute atomic E-state index is 11.6. The van der Waals surface area contributed by atoms with Crippen molar-refractivity contribution in [1.29, 1.82) is 0 Å². The predicted molar refractivity (Wildman–Crippen MR) is 65.6 cm³/mol. The second-order valence-corrected chi connectivity index (χ2v) is 4.93. The number of nitrogens with zero attached hydrogens (tertiary/aromatic N) is 2. The molecule has 5 heteroatoms. The fourth-order valence-electron chi connectivity index (χ4n) is 2.87. The molecule has 17 heavy (non-hydrogen) atoms. The molecule has 0 aromatic carbocycles. The first-order valence-electron chi connectivity index (χ1n) is 6.63. The number of nitrogens with one attached hydrogen (secondary N) is 1. The molecular formula is C12H23N3O2. The smallest absolute Gasteiger partial charge is 0.323 e. The van der Waals surface area contributed by atoms with Crippen LogP contribution < -0.4 is 5.48 Å². The molecule has 0 radical (unpaired) electrons. The van der Waals surface area contributed by atoms with Crippen LogP contribution in [0.15, 0.2) is 0 Å². The lowest BCUT2D eigenvalue weighted by atomic mass is 10.0. The fourth-order valence-corrected chi connectivity index (χ4v) is 2.87. The molecule has 0 unspecified atom stereocenters. The first-order chi connectivity index (χ1) is 8.31. The molecule has 2 saturated heterocycles. The first-order valence-corrected chi connectivity index (χ1v) is 6.63. The zero-order valence-corrected chi connectivity index (χ0v) is 10.7. The van der Waals surface area contributed by atoms with Crippen LogP contribution in [0.3, 0.4) is 0 Å². The summed E-state index contributed by atoms with van der Waals surface area (Å²) in [4.78, 5) is 20.6. The van der Waals surface area contributed by atoms with E-state index in [4.69, 9.17) is 0 Å². The molecule has 2 rings (SSSR count). The maximum atomic E-state index is 11.6. The molecule has 1 N–H and O–H groups in total. The Morgan fingerprint density at radius 3 is 2.35 bits per heavy atom. The number of urea groups is 1. The third-order valence-electron chi connectivity index (χ3n) is 3.85. The van der Waals surface area contributed by atoms with Gasteiger partial charge in [-0.1, -0.05) is 6.42 Å². The highest BCUT2D eigenvalue weighted by molar-refractivity contribution is 5.73. The van der Waals surface area contributed by atoms with E-state index in [0.29, 0.717) is 6.04 Å². The van der Waals surface area contributed by atoms with E-state index < -0.39 is 0 Å². The van der Waals surface area contributed by atoms with Crippen molar-refractivity contribution in [1.82, 2.24) is 15.3 Å². The maximum Gasteiger partial charge on any atom is 0.341 e. The van der Waals surface area contributed by atoms with E-state index in [0.717, 1.165) is 25.9 Å². The van der Waals surface area contributed by atoms with E-state index in [1.165, 1.54) is 39.5 Å². The Morgan fingerprint density at radius 2 is 1.76 bits per heavy atom. The Hall–Kier alpha value is -0.810. The van der Waals surface area contributed by atoms with Gasteiger partial charge in [-0.3, -0.25) is 4.84 Å². The van der Waals surface area contributed by atoms with Gasteiger partial charge in [0.2, 0.25) is 0 Å². The summed E-state index contributed by atoms with van der Waals surface area (Å²) in [6.45, 7) is 4.18. The Morgan fingerprint density at radius 1 is 1.12 bits per heavy atom. The van der Waals surface area contributed by atoms with Crippen molar-refractivity contribution in [2.75, 3.05) is 33.3 Å². The first kappa shape index (κ1) is 12.6. The summed E-state index contributed by atoms with van der Waals surface area (Å²) < 4.78 is 0. The lowest BCUT2D eigenvalue weighted by molar-refractivity contribution is 0.0659. The zero-order valence-electron chi connectivity index (χ0n) is 10.7. The average molecular weight is 241 g/mol. The van der Waals surface area contributed by atoms with Crippen molar-refractivity contribution >= 4 is 6.03 Å². The molecule has 0 aromatic heterocycles. The normalized spacial score (nSPS) is 23.7. The van der Waals surface area contributed by atoms with Crippen molar-refractivity contribution in [2.24, 2.45) is 0 Å². The standard InChI is InChI=1S/C12H23N3O2/c1-17-13-12(16)15-9-5-11(6-10-15)14-7-3-2-4-8-14/h11H,2-10H2,1H3,(H,13,16). The van der Waals surface area contributed by atoms with Crippen LogP contribution in [0.4, 0.5) is 4.79 Å². The molecule has 0 saturated carbocycles. The topological polar surface area (TPSA) is 44.8 Å². The van der Waals surface area contributed by atoms with Gasteiger partial charge in [-0.15, -0.1) is 0 Å². The van der Waals surface area contributed by atoms with E-state index >= 15 is 0 Å². The van der Waals surface area contributed by atoms with Gasteiger partial charge in [-0.25, -0.2) is 10.3 Å². The van der Waals surface area contributed by atoms with Gasteiger partial charge in [0.25, 0.3) is 0 Å². The number of hydroxylamine groups is 1. The fraction of sp³-hybridized carbons (Fsp3) is 0.917. The number of hydrogen-bond donors (Lipinski definition) is 1. The molecule has 2 aliphatic heterocycles. The molecular weight excluding hydrogens is 218 g/mol. The summed E-state index contributed by atoms with van der Waals surface area (Å²) >= 11 is 0. The largest absolute Gasteiger partial charge is 0.341 e. The van der Waals surface area contributed by atoms with Crippen LogP contribution in [-0.2, 0) is 4.84 Å². The highest BCUT2D eigenvalue weighted by atomic mass is 16.6. The molecule has 0 aromatic rings. The molecule has 0 atom stereocenters. The van der Waals surface area contributed by atoms with Gasteiger partial charge < -0.3 is 9.80 Å². The summed E-state index contributed by atoms with van der Waals surface area (Å²) in [7, 11) is 1.47. The number of carbonyl (C=O) groups excluding carboxylic acids is 1. The van der Waals surface area contributed by atoms with E-state index in [1.54, 1.807) is 0 Å². The minimum Gasteiger partial charge on any atom is -0.323 e. The number of carbonyl (C=O) groups is 1. The number of rotatable bonds is 2. The molecule has 2 heterocycles. The van der Waals surface area contributed by atoms with Gasteiger partial charge >= 0.3 is 6.03 Å². The van der Waals surface area contributed by atoms with Gasteiger partial charge in [-0.05, 0) is 38.8 Å². The second kappa shape index (κ2) is 6.21. The van der Waals surface area contributed by atoms with Crippen LogP contribution in [0.2, 0.25) is 0 Å². The Balaban J connectivity index is 1.75. The van der Waals surface area contributed by atoms with Crippen molar-refractivity contribution in [3.63, 3.8) is 0 Å². The minimum atomic E-state index is -0.107. The predicted octanol–water partition coefficient (Wildman–Crippen LogP) is 1.21. The summed E-state index contributed by atoms with van der Waals surface area (Å²) in [6, 6.07) is 0.575. The number of piperidine rings is 2. The molecule has 98 valence electrons. The molecule has 0 bridgehead atoms. The second-order valence-electron chi connectivity index (χ2n) is 4.93. The lowest BCUT2D eigenvalue weighted by Crippen LogP contribution is -2.50. The Labute approximate surface area is 103 Å². The Kier molecular flexibility index (Phi) is 4.62. The van der Waals surface area contributed by atoms with Gasteiger partial charge in [0, 0.05) is 19.1 Å². The van der Waals surface area contributed by atoms with Crippen LogP contribution in [0.5, 0.6) is 0 Å². The number of amides is 2. The summed E-state index contributed by atoms with van der Waals surface area (Å²) in [5, 5.41) is 0. The van der Waals surface area contributed by atoms with Crippen LogP contribution in [0, 0.1) is 0 Å². The molecule has 2 amide bonds. The molecule has 0 aliphatic carbocycles. The van der Waals surface area contributed by atoms with Gasteiger partial charge in [-0.2, -0.15) is 0 Å². The van der Waals surface area contributed by atoms with Crippen molar-refractivity contribution in [3.05, 3.63) is 0 Å². The minimum absolute atomic E-state index is 0.107. The van der Waals surface area contributed by atoms with Crippen molar-refractivity contribution in [2.45, 2.75) is 38.1 Å². The third-order valence-corrected chi connectivity index (χ3v) is 3.85. The van der Waals surface area contributed by atoms with Gasteiger partial charge in [0.15, 0.2) is 0 Å². The van der Waals surface area contributed by atoms with Crippen LogP contribution in [0.1, 0.15) is 32.1 Å². The monoisotopic (exact) mass is 241 g/mol. The van der Waals surface area contributed by atoms with Crippen LogP contribution in [0.25, 0.3) is 0 Å². The highest BCUT2D eigenvalue weighted by Gasteiger charge is 2.27. The van der Waals surface area contributed by atoms with Crippen molar-refractivity contribution in [3.8, 4) is 0 Å². The highest BCUT2D eigenvalue weighted by Crippen LogP contribution is 2.20. The van der Waals surface area contributed by atoms with Gasteiger partial charge in [0.1, 0.15) is 0 Å². The zero-order chi connectivity index (χ0) is 12.1. The summed E-state index contributed by atoms with van der Waals surface area (Å²) in [6.07, 6.45) is 6.24. The molecule has 2 fully saturated rings. The van der Waals surface area contributed by atoms with E-state index in [2.05, 4.69) is 15.2 Å². The lowest BCUT2D eigenvalue weighted by Gasteiger charge is -2.40. The number of likely N-dealkylation sites (tertiary alicyclic amines) is 2.